The number of nitrogens with two attached hydrogens (primary N) is 1. The molecule has 2 saturated carbocycles. The number of fused-ring (bicyclic) bond motifs is 2. The molecule has 0 saturated heterocycles. The molecule has 2 rings (SSSR count). The molecule has 0 heterocycles. The van der Waals surface area contributed by atoms with E-state index in [4.69, 9.17) is 15.6 Å². The first-order valence-electron chi connectivity index (χ1n) is 7.44. The first-order chi connectivity index (χ1) is 9.13. The fourth-order valence-corrected chi connectivity index (χ4v) is 3.83. The van der Waals surface area contributed by atoms with Crippen molar-refractivity contribution in [1.82, 2.24) is 10.7 Å². The molecule has 0 radical (unpaired) electrons. The minimum Gasteiger partial charge on any atom is -0.383 e. The van der Waals surface area contributed by atoms with Crippen LogP contribution in [0.3, 0.4) is 0 Å². The van der Waals surface area contributed by atoms with E-state index in [-0.39, 0.29) is 6.04 Å². The van der Waals surface area contributed by atoms with Crippen molar-refractivity contribution in [3.05, 3.63) is 0 Å². The third kappa shape index (κ3) is 3.60. The second kappa shape index (κ2) is 6.57. The number of hydrazine groups is 1. The summed E-state index contributed by atoms with van der Waals surface area (Å²) < 4.78 is 5.11. The maximum absolute atomic E-state index is 5.56. The molecule has 0 spiro atoms. The number of rotatable bonds is 5. The average molecular weight is 268 g/mol. The fourth-order valence-electron chi connectivity index (χ4n) is 3.83. The number of aliphatic imine (C=N–C) groups is 1. The highest BCUT2D eigenvalue weighted by Gasteiger charge is 2.41. The molecule has 110 valence electrons. The number of ether oxygens (including phenoxy) is 1. The Morgan fingerprint density at radius 3 is 2.68 bits per heavy atom. The standard InChI is InChI=1S/C14H28N4O/c1-9(8-19-3)16-14(18-15)17-10(2)13-7-11-4-5-12(13)6-11/h9-13H,4-8,15H2,1-3H3,(H2,16,17,18). The van der Waals surface area contributed by atoms with Gasteiger partial charge in [-0.2, -0.15) is 0 Å². The molecule has 2 aliphatic carbocycles. The second-order valence-corrected chi connectivity index (χ2v) is 6.20. The molecule has 2 fully saturated rings. The zero-order valence-corrected chi connectivity index (χ0v) is 12.4. The van der Waals surface area contributed by atoms with Crippen molar-refractivity contribution < 1.29 is 4.74 Å². The van der Waals surface area contributed by atoms with Crippen LogP contribution in [0.25, 0.3) is 0 Å². The highest BCUT2D eigenvalue weighted by atomic mass is 16.5. The lowest BCUT2D eigenvalue weighted by molar-refractivity contribution is 0.178. The third-order valence-electron chi connectivity index (χ3n) is 4.68. The Hall–Kier alpha value is -0.810. The molecule has 0 aromatic heterocycles. The number of hydrogen-bond acceptors (Lipinski definition) is 3. The molecule has 5 heteroatoms. The van der Waals surface area contributed by atoms with E-state index in [0.29, 0.717) is 18.6 Å². The Balaban J connectivity index is 1.90. The van der Waals surface area contributed by atoms with E-state index in [2.05, 4.69) is 24.6 Å². The normalized spacial score (nSPS) is 33.3. The fraction of sp³-hybridized carbons (Fsp3) is 0.929. The van der Waals surface area contributed by atoms with Gasteiger partial charge in [0.2, 0.25) is 5.96 Å². The number of nitrogens with zero attached hydrogens (tertiary/aromatic N) is 1. The SMILES string of the molecule is COCC(C)NC(=NC(C)C1CC2CCC1C2)NN. The van der Waals surface area contributed by atoms with Gasteiger partial charge in [0.05, 0.1) is 12.6 Å². The summed E-state index contributed by atoms with van der Waals surface area (Å²) in [4.78, 5) is 4.73. The molecule has 2 bridgehead atoms. The molecule has 0 amide bonds. The smallest absolute Gasteiger partial charge is 0.206 e. The van der Waals surface area contributed by atoms with E-state index in [0.717, 1.165) is 17.8 Å². The van der Waals surface area contributed by atoms with Crippen LogP contribution >= 0.6 is 0 Å². The van der Waals surface area contributed by atoms with Gasteiger partial charge in [-0.1, -0.05) is 6.42 Å². The zero-order chi connectivity index (χ0) is 13.8. The lowest BCUT2D eigenvalue weighted by atomic mass is 9.84. The van der Waals surface area contributed by atoms with Crippen molar-refractivity contribution in [2.24, 2.45) is 28.6 Å². The van der Waals surface area contributed by atoms with Crippen molar-refractivity contribution in [2.75, 3.05) is 13.7 Å². The summed E-state index contributed by atoms with van der Waals surface area (Å²) in [5.74, 6) is 8.82. The Bertz CT molecular complexity index is 321. The van der Waals surface area contributed by atoms with Crippen LogP contribution in [0.4, 0.5) is 0 Å². The van der Waals surface area contributed by atoms with Crippen LogP contribution in [0.5, 0.6) is 0 Å². The van der Waals surface area contributed by atoms with Gasteiger partial charge >= 0.3 is 0 Å². The van der Waals surface area contributed by atoms with Gasteiger partial charge in [-0.05, 0) is 50.9 Å². The van der Waals surface area contributed by atoms with Crippen LogP contribution in [0.2, 0.25) is 0 Å². The number of guanidine groups is 1. The van der Waals surface area contributed by atoms with Crippen LogP contribution in [0, 0.1) is 17.8 Å². The maximum Gasteiger partial charge on any atom is 0.206 e. The molecule has 19 heavy (non-hydrogen) atoms. The van der Waals surface area contributed by atoms with E-state index >= 15 is 0 Å². The Labute approximate surface area is 116 Å². The Morgan fingerprint density at radius 1 is 1.37 bits per heavy atom. The molecule has 0 aliphatic heterocycles. The predicted molar refractivity (Wildman–Crippen MR) is 77.6 cm³/mol. The number of nitrogens with one attached hydrogen (secondary N) is 2. The van der Waals surface area contributed by atoms with Gasteiger partial charge in [-0.3, -0.25) is 5.43 Å². The van der Waals surface area contributed by atoms with Crippen molar-refractivity contribution in [2.45, 2.75) is 51.6 Å². The lowest BCUT2D eigenvalue weighted by Crippen LogP contribution is -2.47. The van der Waals surface area contributed by atoms with Gasteiger partial charge in [-0.25, -0.2) is 10.8 Å². The van der Waals surface area contributed by atoms with E-state index < -0.39 is 0 Å². The minimum atomic E-state index is 0.201. The Morgan fingerprint density at radius 2 is 2.16 bits per heavy atom. The molecule has 5 nitrogen and oxygen atoms in total. The minimum absolute atomic E-state index is 0.201. The lowest BCUT2D eigenvalue weighted by Gasteiger charge is -2.26. The number of methoxy groups -OCH3 is 1. The van der Waals surface area contributed by atoms with E-state index in [1.807, 2.05) is 0 Å². The molecular weight excluding hydrogens is 240 g/mol. The topological polar surface area (TPSA) is 71.7 Å². The Kier molecular flexibility index (Phi) is 5.05. The van der Waals surface area contributed by atoms with Gasteiger partial charge in [0.25, 0.3) is 0 Å². The average Bonchev–Trinajstić information content (AvgIpc) is 3.00. The predicted octanol–water partition coefficient (Wildman–Crippen LogP) is 1.25. The monoisotopic (exact) mass is 268 g/mol. The quantitative estimate of drug-likeness (QED) is 0.304. The summed E-state index contributed by atoms with van der Waals surface area (Å²) in [7, 11) is 1.70. The largest absolute Gasteiger partial charge is 0.383 e. The highest BCUT2D eigenvalue weighted by molar-refractivity contribution is 5.79. The summed E-state index contributed by atoms with van der Waals surface area (Å²) in [5, 5.41) is 3.25. The molecule has 5 atom stereocenters. The van der Waals surface area contributed by atoms with Gasteiger partial charge in [0, 0.05) is 13.2 Å². The van der Waals surface area contributed by atoms with Crippen LogP contribution in [-0.4, -0.2) is 31.8 Å². The first-order valence-corrected chi connectivity index (χ1v) is 7.44. The molecule has 5 unspecified atom stereocenters. The highest BCUT2D eigenvalue weighted by Crippen LogP contribution is 2.49. The maximum atomic E-state index is 5.56. The summed E-state index contributed by atoms with van der Waals surface area (Å²) in [6.07, 6.45) is 5.60. The molecule has 2 aliphatic rings. The van der Waals surface area contributed by atoms with Gasteiger partial charge < -0.3 is 10.1 Å². The third-order valence-corrected chi connectivity index (χ3v) is 4.68. The van der Waals surface area contributed by atoms with Gasteiger partial charge in [0.15, 0.2) is 0 Å². The van der Waals surface area contributed by atoms with Crippen LogP contribution in [0.1, 0.15) is 39.5 Å². The van der Waals surface area contributed by atoms with E-state index in [1.54, 1.807) is 7.11 Å². The van der Waals surface area contributed by atoms with Crippen molar-refractivity contribution >= 4 is 5.96 Å². The van der Waals surface area contributed by atoms with E-state index in [1.165, 1.54) is 25.7 Å². The second-order valence-electron chi connectivity index (χ2n) is 6.20. The van der Waals surface area contributed by atoms with Gasteiger partial charge in [0.1, 0.15) is 0 Å². The zero-order valence-electron chi connectivity index (χ0n) is 12.4. The molecule has 0 aromatic carbocycles. The van der Waals surface area contributed by atoms with Gasteiger partial charge in [-0.15, -0.1) is 0 Å². The van der Waals surface area contributed by atoms with E-state index in [9.17, 15) is 0 Å². The number of hydrogen-bond donors (Lipinski definition) is 3. The van der Waals surface area contributed by atoms with Crippen molar-refractivity contribution in [3.8, 4) is 0 Å². The summed E-state index contributed by atoms with van der Waals surface area (Å²) in [6, 6.07) is 0.538. The van der Waals surface area contributed by atoms with Crippen LogP contribution in [0.15, 0.2) is 4.99 Å². The summed E-state index contributed by atoms with van der Waals surface area (Å²) >= 11 is 0. The molecular formula is C14H28N4O. The summed E-state index contributed by atoms with van der Waals surface area (Å²) in [6.45, 7) is 4.91. The summed E-state index contributed by atoms with van der Waals surface area (Å²) in [5.41, 5.74) is 2.67. The molecule has 0 aromatic rings. The van der Waals surface area contributed by atoms with Crippen LogP contribution in [-0.2, 0) is 4.74 Å². The van der Waals surface area contributed by atoms with Crippen molar-refractivity contribution in [3.63, 3.8) is 0 Å². The van der Waals surface area contributed by atoms with Crippen LogP contribution < -0.4 is 16.6 Å². The van der Waals surface area contributed by atoms with Crippen molar-refractivity contribution in [1.29, 1.82) is 0 Å². The molecule has 4 N–H and O–H groups in total. The first kappa shape index (κ1) is 14.6.